The maximum absolute atomic E-state index is 10.9. The van der Waals surface area contributed by atoms with Gasteiger partial charge in [-0.05, 0) is 0 Å². The molecule has 0 amide bonds. The predicted molar refractivity (Wildman–Crippen MR) is 66.8 cm³/mol. The zero-order chi connectivity index (χ0) is 13.0. The van der Waals surface area contributed by atoms with Gasteiger partial charge in [-0.15, -0.1) is 0 Å². The van der Waals surface area contributed by atoms with E-state index in [1.165, 1.54) is 6.07 Å². The molecule has 96 valence electrons. The summed E-state index contributed by atoms with van der Waals surface area (Å²) in [7, 11) is 0. The van der Waals surface area contributed by atoms with E-state index in [0.717, 1.165) is 37.2 Å². The summed E-state index contributed by atoms with van der Waals surface area (Å²) in [4.78, 5) is 12.7. The van der Waals surface area contributed by atoms with Crippen LogP contribution < -0.4 is 0 Å². The van der Waals surface area contributed by atoms with Crippen molar-refractivity contribution in [3.63, 3.8) is 0 Å². The van der Waals surface area contributed by atoms with Gasteiger partial charge in [0.1, 0.15) is 0 Å². The summed E-state index contributed by atoms with van der Waals surface area (Å²) < 4.78 is 0. The van der Waals surface area contributed by atoms with Crippen LogP contribution in [0.2, 0.25) is 0 Å². The maximum atomic E-state index is 10.9. The van der Waals surface area contributed by atoms with Crippen molar-refractivity contribution in [1.29, 1.82) is 0 Å². The molecule has 0 spiro atoms. The monoisotopic (exact) mass is 249 g/mol. The zero-order valence-electron chi connectivity index (χ0n) is 9.95. The number of rotatable bonds is 3. The van der Waals surface area contributed by atoms with Crippen LogP contribution in [0.15, 0.2) is 29.4 Å². The largest absolute Gasteiger partial charge is 0.411 e. The number of benzene rings is 1. The number of oxime groups is 1. The van der Waals surface area contributed by atoms with E-state index in [1.54, 1.807) is 12.1 Å². The molecule has 2 rings (SSSR count). The molecule has 0 radical (unpaired) electrons. The smallest absolute Gasteiger partial charge is 0.273 e. The Hall–Kier alpha value is -1.95. The molecule has 1 aromatic rings. The molecule has 0 unspecified atom stereocenters. The highest BCUT2D eigenvalue weighted by Crippen LogP contribution is 2.20. The Morgan fingerprint density at radius 1 is 1.33 bits per heavy atom. The standard InChI is InChI=1S/C12H15N3O3/c16-13-11-5-7-14(8-6-11)9-10-3-1-2-4-12(10)15(17)18/h1-4,16H,5-9H2. The summed E-state index contributed by atoms with van der Waals surface area (Å²) in [6.07, 6.45) is 1.44. The van der Waals surface area contributed by atoms with Gasteiger partial charge in [-0.3, -0.25) is 15.0 Å². The quantitative estimate of drug-likeness (QED) is 0.505. The second kappa shape index (κ2) is 5.59. The average molecular weight is 249 g/mol. The van der Waals surface area contributed by atoms with Crippen LogP contribution in [0.4, 0.5) is 5.69 Å². The summed E-state index contributed by atoms with van der Waals surface area (Å²) in [5.41, 5.74) is 1.69. The van der Waals surface area contributed by atoms with Gasteiger partial charge in [-0.25, -0.2) is 0 Å². The fourth-order valence-corrected chi connectivity index (χ4v) is 2.13. The van der Waals surface area contributed by atoms with Gasteiger partial charge in [-0.2, -0.15) is 0 Å². The molecule has 1 heterocycles. The fraction of sp³-hybridized carbons (Fsp3) is 0.417. The number of piperidine rings is 1. The second-order valence-electron chi connectivity index (χ2n) is 4.33. The normalized spacial score (nSPS) is 16.6. The predicted octanol–water partition coefficient (Wildman–Crippen LogP) is 2.02. The van der Waals surface area contributed by atoms with E-state index >= 15 is 0 Å². The van der Waals surface area contributed by atoms with Gasteiger partial charge in [0.15, 0.2) is 0 Å². The van der Waals surface area contributed by atoms with Gasteiger partial charge < -0.3 is 5.21 Å². The Morgan fingerprint density at radius 3 is 2.61 bits per heavy atom. The van der Waals surface area contributed by atoms with Crippen LogP contribution in [0.3, 0.4) is 0 Å². The highest BCUT2D eigenvalue weighted by molar-refractivity contribution is 5.84. The summed E-state index contributed by atoms with van der Waals surface area (Å²) in [5, 5.41) is 22.8. The molecule has 6 heteroatoms. The van der Waals surface area contributed by atoms with Crippen molar-refractivity contribution in [2.45, 2.75) is 19.4 Å². The van der Waals surface area contributed by atoms with Crippen LogP contribution in [0.1, 0.15) is 18.4 Å². The van der Waals surface area contributed by atoms with Crippen molar-refractivity contribution in [2.75, 3.05) is 13.1 Å². The van der Waals surface area contributed by atoms with E-state index in [-0.39, 0.29) is 10.6 Å². The average Bonchev–Trinajstić information content (AvgIpc) is 2.40. The third-order valence-corrected chi connectivity index (χ3v) is 3.16. The van der Waals surface area contributed by atoms with Crippen molar-refractivity contribution in [3.8, 4) is 0 Å². The second-order valence-corrected chi connectivity index (χ2v) is 4.33. The van der Waals surface area contributed by atoms with Gasteiger partial charge in [0.05, 0.1) is 10.6 Å². The van der Waals surface area contributed by atoms with Crippen molar-refractivity contribution >= 4 is 11.4 Å². The molecule has 0 saturated carbocycles. The molecule has 18 heavy (non-hydrogen) atoms. The Balaban J connectivity index is 2.04. The van der Waals surface area contributed by atoms with E-state index in [1.807, 2.05) is 6.07 Å². The van der Waals surface area contributed by atoms with E-state index in [4.69, 9.17) is 5.21 Å². The lowest BCUT2D eigenvalue weighted by Gasteiger charge is -2.26. The molecule has 0 bridgehead atoms. The molecule has 1 N–H and O–H groups in total. The number of hydrogen-bond donors (Lipinski definition) is 1. The number of nitro groups is 1. The number of hydrogen-bond acceptors (Lipinski definition) is 5. The Bertz CT molecular complexity index is 463. The van der Waals surface area contributed by atoms with Gasteiger partial charge >= 0.3 is 0 Å². The first kappa shape index (κ1) is 12.5. The minimum absolute atomic E-state index is 0.166. The zero-order valence-corrected chi connectivity index (χ0v) is 9.95. The molecule has 1 saturated heterocycles. The van der Waals surface area contributed by atoms with Crippen LogP contribution in [0.5, 0.6) is 0 Å². The van der Waals surface area contributed by atoms with Gasteiger partial charge in [0.2, 0.25) is 0 Å². The molecule has 6 nitrogen and oxygen atoms in total. The lowest BCUT2D eigenvalue weighted by molar-refractivity contribution is -0.385. The fourth-order valence-electron chi connectivity index (χ4n) is 2.13. The van der Waals surface area contributed by atoms with E-state index in [9.17, 15) is 10.1 Å². The summed E-state index contributed by atoms with van der Waals surface area (Å²) in [5.74, 6) is 0. The molecule has 1 aromatic carbocycles. The van der Waals surface area contributed by atoms with E-state index < -0.39 is 0 Å². The van der Waals surface area contributed by atoms with Crippen LogP contribution in [0, 0.1) is 10.1 Å². The first-order valence-corrected chi connectivity index (χ1v) is 5.85. The minimum atomic E-state index is -0.347. The van der Waals surface area contributed by atoms with E-state index in [0.29, 0.717) is 6.54 Å². The van der Waals surface area contributed by atoms with Crippen molar-refractivity contribution < 1.29 is 10.1 Å². The Kier molecular flexibility index (Phi) is 3.88. The molecule has 1 fully saturated rings. The SMILES string of the molecule is O=[N+]([O-])c1ccccc1CN1CCC(=NO)CC1. The molecular formula is C12H15N3O3. The maximum Gasteiger partial charge on any atom is 0.273 e. The number of nitrogens with zero attached hydrogens (tertiary/aromatic N) is 3. The number of nitro benzene ring substituents is 1. The topological polar surface area (TPSA) is 79.0 Å². The van der Waals surface area contributed by atoms with Crippen molar-refractivity contribution in [1.82, 2.24) is 4.90 Å². The van der Waals surface area contributed by atoms with Crippen molar-refractivity contribution in [2.24, 2.45) is 5.16 Å². The summed E-state index contributed by atoms with van der Waals surface area (Å²) >= 11 is 0. The molecule has 1 aliphatic rings. The van der Waals surface area contributed by atoms with Crippen LogP contribution in [-0.2, 0) is 6.54 Å². The van der Waals surface area contributed by atoms with Gasteiger partial charge in [-0.1, -0.05) is 23.4 Å². The highest BCUT2D eigenvalue weighted by atomic mass is 16.6. The van der Waals surface area contributed by atoms with Crippen molar-refractivity contribution in [3.05, 3.63) is 39.9 Å². The minimum Gasteiger partial charge on any atom is -0.411 e. The Morgan fingerprint density at radius 2 is 2.00 bits per heavy atom. The molecule has 0 atom stereocenters. The third kappa shape index (κ3) is 2.84. The Labute approximate surface area is 105 Å². The molecule has 1 aliphatic heterocycles. The van der Waals surface area contributed by atoms with E-state index in [2.05, 4.69) is 10.1 Å². The first-order chi connectivity index (χ1) is 8.70. The van der Waals surface area contributed by atoms with Gasteiger partial charge in [0.25, 0.3) is 5.69 Å². The van der Waals surface area contributed by atoms with Crippen LogP contribution in [-0.4, -0.2) is 33.8 Å². The van der Waals surface area contributed by atoms with Crippen LogP contribution in [0.25, 0.3) is 0 Å². The first-order valence-electron chi connectivity index (χ1n) is 5.85. The lowest BCUT2D eigenvalue weighted by atomic mass is 10.1. The number of likely N-dealkylation sites (tertiary alicyclic amines) is 1. The molecule has 0 aromatic heterocycles. The third-order valence-electron chi connectivity index (χ3n) is 3.16. The molecular weight excluding hydrogens is 234 g/mol. The van der Waals surface area contributed by atoms with Gasteiger partial charge in [0, 0.05) is 44.1 Å². The number of para-hydroxylation sites is 1. The molecule has 0 aliphatic carbocycles. The van der Waals surface area contributed by atoms with Crippen LogP contribution >= 0.6 is 0 Å². The lowest BCUT2D eigenvalue weighted by Crippen LogP contribution is -2.33. The summed E-state index contributed by atoms with van der Waals surface area (Å²) in [6, 6.07) is 6.80. The summed E-state index contributed by atoms with van der Waals surface area (Å²) in [6.45, 7) is 2.10. The highest BCUT2D eigenvalue weighted by Gasteiger charge is 2.19.